The van der Waals surface area contributed by atoms with Gasteiger partial charge in [0.15, 0.2) is 6.10 Å². The molecule has 0 N–H and O–H groups in total. The van der Waals surface area contributed by atoms with Gasteiger partial charge in [0.25, 0.3) is 0 Å². The molecule has 4 nitrogen and oxygen atoms in total. The standard InChI is InChI=1S/C27H26F2NO3S.BrH/c28-22-5-1-3-19(13-22)26(20-4-2-6-23(29)14-20)33-27(32)24-15-30(10-7-18(24)8-11-30)16-25(31)21-9-12-34-17-21;/h1-6,9,12-14,17-18,24,26H,7-8,10-11,15-16H2;1H/q+1;/p-1. The predicted molar refractivity (Wildman–Crippen MR) is 125 cm³/mol. The quantitative estimate of drug-likeness (QED) is 0.253. The van der Waals surface area contributed by atoms with E-state index in [9.17, 15) is 18.4 Å². The lowest BCUT2D eigenvalue weighted by Crippen LogP contribution is -3.00. The fourth-order valence-electron chi connectivity index (χ4n) is 5.47. The highest BCUT2D eigenvalue weighted by molar-refractivity contribution is 7.08. The van der Waals surface area contributed by atoms with Crippen molar-refractivity contribution in [1.29, 1.82) is 0 Å². The van der Waals surface area contributed by atoms with Gasteiger partial charge in [-0.05, 0) is 52.8 Å². The number of benzene rings is 2. The fourth-order valence-corrected chi connectivity index (χ4v) is 6.13. The van der Waals surface area contributed by atoms with Gasteiger partial charge in [0.1, 0.15) is 24.1 Å². The van der Waals surface area contributed by atoms with Crippen LogP contribution in [0.25, 0.3) is 0 Å². The number of hydrogen-bond donors (Lipinski definition) is 0. The van der Waals surface area contributed by atoms with Crippen molar-refractivity contribution in [3.8, 4) is 0 Å². The van der Waals surface area contributed by atoms with E-state index in [1.54, 1.807) is 24.3 Å². The first-order valence-electron chi connectivity index (χ1n) is 11.5. The van der Waals surface area contributed by atoms with Crippen LogP contribution in [0.3, 0.4) is 0 Å². The number of piperidine rings is 3. The normalized spacial score (nSPS) is 23.1. The number of quaternary nitrogens is 1. The number of carbonyl (C=O) groups is 2. The third-order valence-electron chi connectivity index (χ3n) is 7.26. The highest BCUT2D eigenvalue weighted by Crippen LogP contribution is 2.40. The molecule has 1 unspecified atom stereocenters. The van der Waals surface area contributed by atoms with Crippen molar-refractivity contribution in [2.75, 3.05) is 26.2 Å². The molecule has 3 aliphatic heterocycles. The van der Waals surface area contributed by atoms with E-state index < -0.39 is 17.7 Å². The summed E-state index contributed by atoms with van der Waals surface area (Å²) in [5, 5.41) is 3.76. The molecule has 6 rings (SSSR count). The summed E-state index contributed by atoms with van der Waals surface area (Å²) in [5.41, 5.74) is 1.63. The van der Waals surface area contributed by atoms with E-state index in [1.165, 1.54) is 35.6 Å². The van der Waals surface area contributed by atoms with Gasteiger partial charge in [0.05, 0.1) is 19.6 Å². The Hall–Kier alpha value is -2.42. The van der Waals surface area contributed by atoms with Gasteiger partial charge in [0, 0.05) is 23.8 Å². The zero-order valence-corrected chi connectivity index (χ0v) is 21.4. The lowest BCUT2D eigenvalue weighted by Gasteiger charge is -2.51. The molecule has 0 aliphatic carbocycles. The number of esters is 1. The fraction of sp³-hybridized carbons (Fsp3) is 0.333. The monoisotopic (exact) mass is 561 g/mol. The number of ketones is 1. The number of fused-ring (bicyclic) bond motifs is 3. The molecule has 4 heterocycles. The molecule has 8 heteroatoms. The Bertz CT molecular complexity index is 1150. The molecule has 3 aromatic rings. The average molecular weight is 562 g/mol. The van der Waals surface area contributed by atoms with E-state index in [4.69, 9.17) is 4.74 Å². The highest BCUT2D eigenvalue weighted by atomic mass is 79.9. The van der Waals surface area contributed by atoms with Gasteiger partial charge in [-0.1, -0.05) is 24.3 Å². The van der Waals surface area contributed by atoms with Gasteiger partial charge in [-0.15, -0.1) is 0 Å². The number of ether oxygens (including phenoxy) is 1. The maximum atomic E-state index is 14.0. The average Bonchev–Trinajstić information content (AvgIpc) is 3.38. The van der Waals surface area contributed by atoms with Gasteiger partial charge in [-0.3, -0.25) is 9.59 Å². The Morgan fingerprint density at radius 3 is 2.17 bits per heavy atom. The van der Waals surface area contributed by atoms with Crippen LogP contribution in [-0.4, -0.2) is 42.4 Å². The summed E-state index contributed by atoms with van der Waals surface area (Å²) in [6.45, 7) is 2.69. The lowest BCUT2D eigenvalue weighted by molar-refractivity contribution is -0.938. The Morgan fingerprint density at radius 1 is 1.00 bits per heavy atom. The molecule has 3 fully saturated rings. The number of hydrogen-bond acceptors (Lipinski definition) is 4. The van der Waals surface area contributed by atoms with Crippen LogP contribution in [-0.2, 0) is 9.53 Å². The van der Waals surface area contributed by atoms with Gasteiger partial charge in [-0.25, -0.2) is 8.78 Å². The van der Waals surface area contributed by atoms with Crippen LogP contribution < -0.4 is 17.0 Å². The van der Waals surface area contributed by atoms with Crippen molar-refractivity contribution < 1.29 is 44.6 Å². The predicted octanol–water partition coefficient (Wildman–Crippen LogP) is 2.40. The Morgan fingerprint density at radius 2 is 1.63 bits per heavy atom. The molecule has 0 spiro atoms. The van der Waals surface area contributed by atoms with Gasteiger partial charge < -0.3 is 26.2 Å². The van der Waals surface area contributed by atoms with Crippen LogP contribution in [0.1, 0.15) is 40.4 Å². The second kappa shape index (κ2) is 10.7. The Labute approximate surface area is 217 Å². The molecule has 3 aliphatic rings. The highest BCUT2D eigenvalue weighted by Gasteiger charge is 2.50. The SMILES string of the molecule is O=C(C[N+]12CCC(CC1)C(C(=O)OC(c1cccc(F)c1)c1cccc(F)c1)C2)c1ccsc1.[Br-]. The van der Waals surface area contributed by atoms with E-state index in [2.05, 4.69) is 0 Å². The molecule has 2 bridgehead atoms. The smallest absolute Gasteiger partial charge is 0.315 e. The van der Waals surface area contributed by atoms with Gasteiger partial charge >= 0.3 is 5.97 Å². The molecule has 184 valence electrons. The second-order valence-electron chi connectivity index (χ2n) is 9.44. The first kappa shape index (κ1) is 25.7. The summed E-state index contributed by atoms with van der Waals surface area (Å²) in [6, 6.07) is 13.6. The summed E-state index contributed by atoms with van der Waals surface area (Å²) in [6.07, 6.45) is 0.818. The maximum absolute atomic E-state index is 14.0. The molecule has 1 aromatic heterocycles. The lowest BCUT2D eigenvalue weighted by atomic mass is 9.76. The van der Waals surface area contributed by atoms with E-state index in [0.29, 0.717) is 28.7 Å². The number of carbonyl (C=O) groups excluding carboxylic acids is 2. The molecule has 1 atom stereocenters. The number of thiophene rings is 1. The van der Waals surface area contributed by atoms with E-state index in [1.807, 2.05) is 16.8 Å². The van der Waals surface area contributed by atoms with Crippen LogP contribution in [0.15, 0.2) is 65.4 Å². The second-order valence-corrected chi connectivity index (χ2v) is 10.2. The molecule has 2 aromatic carbocycles. The molecular formula is C27H26BrF2NO3S. The Balaban J connectivity index is 0.00000289. The van der Waals surface area contributed by atoms with Crippen molar-refractivity contribution in [3.05, 3.63) is 93.7 Å². The summed E-state index contributed by atoms with van der Waals surface area (Å²) >= 11 is 1.50. The summed E-state index contributed by atoms with van der Waals surface area (Å²) in [5.74, 6) is -1.31. The molecule has 35 heavy (non-hydrogen) atoms. The molecular weight excluding hydrogens is 536 g/mol. The van der Waals surface area contributed by atoms with Crippen LogP contribution >= 0.6 is 11.3 Å². The summed E-state index contributed by atoms with van der Waals surface area (Å²) in [7, 11) is 0. The van der Waals surface area contributed by atoms with Crippen LogP contribution in [0.5, 0.6) is 0 Å². The molecule has 0 radical (unpaired) electrons. The van der Waals surface area contributed by atoms with Gasteiger partial charge in [-0.2, -0.15) is 11.3 Å². The third-order valence-corrected chi connectivity index (χ3v) is 7.95. The van der Waals surface area contributed by atoms with Crippen molar-refractivity contribution in [2.24, 2.45) is 11.8 Å². The first-order valence-corrected chi connectivity index (χ1v) is 12.5. The van der Waals surface area contributed by atoms with Crippen molar-refractivity contribution >= 4 is 23.1 Å². The summed E-state index contributed by atoms with van der Waals surface area (Å²) < 4.78 is 34.5. The number of nitrogens with zero attached hydrogens (tertiary/aromatic N) is 1. The minimum absolute atomic E-state index is 0. The number of Topliss-reactive ketones (excluding diaryl/α,β-unsaturated/α-hetero) is 1. The van der Waals surface area contributed by atoms with Crippen LogP contribution in [0, 0.1) is 23.5 Å². The topological polar surface area (TPSA) is 43.4 Å². The minimum Gasteiger partial charge on any atom is -1.00 e. The third kappa shape index (κ3) is 5.55. The zero-order valence-electron chi connectivity index (χ0n) is 19.0. The number of halogens is 3. The van der Waals surface area contributed by atoms with E-state index in [0.717, 1.165) is 31.5 Å². The first-order chi connectivity index (χ1) is 16.4. The summed E-state index contributed by atoms with van der Waals surface area (Å²) in [4.78, 5) is 26.3. The molecule has 0 amide bonds. The molecule has 0 saturated carbocycles. The largest absolute Gasteiger partial charge is 1.00 e. The van der Waals surface area contributed by atoms with E-state index >= 15 is 0 Å². The van der Waals surface area contributed by atoms with Crippen molar-refractivity contribution in [1.82, 2.24) is 0 Å². The zero-order chi connectivity index (χ0) is 23.7. The van der Waals surface area contributed by atoms with Gasteiger partial charge in [0.2, 0.25) is 5.78 Å². The van der Waals surface area contributed by atoms with Crippen LogP contribution in [0.2, 0.25) is 0 Å². The van der Waals surface area contributed by atoms with Crippen LogP contribution in [0.4, 0.5) is 8.78 Å². The Kier molecular flexibility index (Phi) is 7.83. The van der Waals surface area contributed by atoms with Crippen molar-refractivity contribution in [2.45, 2.75) is 18.9 Å². The van der Waals surface area contributed by atoms with E-state index in [-0.39, 0.29) is 40.6 Å². The van der Waals surface area contributed by atoms with Crippen molar-refractivity contribution in [3.63, 3.8) is 0 Å². The molecule has 3 saturated heterocycles. The maximum Gasteiger partial charge on any atom is 0.315 e. The minimum atomic E-state index is -0.907. The number of rotatable bonds is 7.